The maximum absolute atomic E-state index is 12.4. The third-order valence-corrected chi connectivity index (χ3v) is 5.84. The number of sulfonamides is 1. The number of hydrogen-bond donors (Lipinski definition) is 4. The number of benzene rings is 1. The molecule has 30 heavy (non-hydrogen) atoms. The molecule has 0 fully saturated rings. The molecule has 13 heteroatoms. The summed E-state index contributed by atoms with van der Waals surface area (Å²) in [5.41, 5.74) is 11.7. The van der Waals surface area contributed by atoms with E-state index in [2.05, 4.69) is 25.2 Å². The van der Waals surface area contributed by atoms with Gasteiger partial charge in [0.1, 0.15) is 17.4 Å². The molecule has 3 rings (SSSR count). The van der Waals surface area contributed by atoms with E-state index in [0.29, 0.717) is 22.4 Å². The highest BCUT2D eigenvalue weighted by molar-refractivity contribution is 7.99. The van der Waals surface area contributed by atoms with Gasteiger partial charge in [0.05, 0.1) is 4.90 Å². The third kappa shape index (κ3) is 5.84. The average molecular weight is 450 g/mol. The molecule has 0 saturated carbocycles. The van der Waals surface area contributed by atoms with Gasteiger partial charge < -0.3 is 21.3 Å². The first-order chi connectivity index (χ1) is 14.2. The Hall–Kier alpha value is -3.32. The second-order valence-corrected chi connectivity index (χ2v) is 8.84. The van der Waals surface area contributed by atoms with E-state index in [0.717, 1.165) is 0 Å². The van der Waals surface area contributed by atoms with Gasteiger partial charge in [-0.2, -0.15) is 0 Å². The van der Waals surface area contributed by atoms with Crippen LogP contribution in [0.2, 0.25) is 0 Å². The van der Waals surface area contributed by atoms with Crippen LogP contribution in [0.15, 0.2) is 51.0 Å². The smallest absolute Gasteiger partial charge is 0.263 e. The summed E-state index contributed by atoms with van der Waals surface area (Å²) in [7, 11) is -3.82. The molecule has 0 spiro atoms. The fourth-order valence-electron chi connectivity index (χ4n) is 2.31. The Kier molecular flexibility index (Phi) is 6.42. The number of carbonyl (C=O) groups is 1. The fraction of sp³-hybridized carbons (Fsp3) is 0.176. The number of anilines is 4. The Balaban J connectivity index is 1.52. The first-order valence-corrected chi connectivity index (χ1v) is 11.1. The number of carbonyl (C=O) groups excluding carboxylic acids is 1. The number of nitrogens with two attached hydrogens (primary N) is 2. The van der Waals surface area contributed by atoms with E-state index in [1.54, 1.807) is 6.92 Å². The lowest BCUT2D eigenvalue weighted by atomic mass is 10.3. The summed E-state index contributed by atoms with van der Waals surface area (Å²) in [6.45, 7) is 1.65. The zero-order valence-corrected chi connectivity index (χ0v) is 17.5. The highest BCUT2D eigenvalue weighted by Crippen LogP contribution is 2.20. The molecule has 3 aromatic rings. The molecular formula is C17H19N7O4S2. The van der Waals surface area contributed by atoms with Crippen LogP contribution in [0.4, 0.5) is 23.1 Å². The first-order valence-electron chi connectivity index (χ1n) is 8.60. The van der Waals surface area contributed by atoms with Gasteiger partial charge in [0.15, 0.2) is 11.0 Å². The lowest BCUT2D eigenvalue weighted by Crippen LogP contribution is -2.14. The summed E-state index contributed by atoms with van der Waals surface area (Å²) in [5, 5.41) is 6.69. The summed E-state index contributed by atoms with van der Waals surface area (Å²) in [6.07, 6.45) is 0.190. The van der Waals surface area contributed by atoms with Gasteiger partial charge in [-0.15, -0.1) is 0 Å². The number of nitrogens with zero attached hydrogens (tertiary/aromatic N) is 3. The molecule has 1 aromatic carbocycles. The molecule has 11 nitrogen and oxygen atoms in total. The van der Waals surface area contributed by atoms with Gasteiger partial charge in [0.2, 0.25) is 5.91 Å². The quantitative estimate of drug-likeness (QED) is 0.293. The Bertz CT molecular complexity index is 1130. The van der Waals surface area contributed by atoms with Crippen LogP contribution in [0.1, 0.15) is 12.2 Å². The minimum atomic E-state index is -3.82. The van der Waals surface area contributed by atoms with Crippen molar-refractivity contribution < 1.29 is 17.7 Å². The van der Waals surface area contributed by atoms with Gasteiger partial charge >= 0.3 is 0 Å². The van der Waals surface area contributed by atoms with Gasteiger partial charge in [0, 0.05) is 30.0 Å². The van der Waals surface area contributed by atoms with Gasteiger partial charge in [-0.05, 0) is 31.2 Å². The maximum atomic E-state index is 12.4. The molecule has 0 aliphatic carbocycles. The summed E-state index contributed by atoms with van der Waals surface area (Å²) < 4.78 is 31.9. The van der Waals surface area contributed by atoms with Crippen molar-refractivity contribution in [3.63, 3.8) is 0 Å². The van der Waals surface area contributed by atoms with E-state index in [-0.39, 0.29) is 34.7 Å². The number of aryl methyl sites for hydroxylation is 1. The monoisotopic (exact) mass is 449 g/mol. The Morgan fingerprint density at radius 2 is 1.80 bits per heavy atom. The van der Waals surface area contributed by atoms with E-state index in [4.69, 9.17) is 16.0 Å². The molecule has 0 aliphatic heterocycles. The highest BCUT2D eigenvalue weighted by atomic mass is 32.2. The first kappa shape index (κ1) is 21.4. The normalized spacial score (nSPS) is 11.2. The Morgan fingerprint density at radius 1 is 1.13 bits per heavy atom. The predicted octanol–water partition coefficient (Wildman–Crippen LogP) is 1.86. The van der Waals surface area contributed by atoms with Gasteiger partial charge in [-0.3, -0.25) is 9.52 Å². The number of rotatable bonds is 8. The van der Waals surface area contributed by atoms with Crippen LogP contribution in [0, 0.1) is 6.92 Å². The second-order valence-electron chi connectivity index (χ2n) is 6.10. The molecule has 0 bridgehead atoms. The van der Waals surface area contributed by atoms with Crippen LogP contribution < -0.4 is 21.5 Å². The van der Waals surface area contributed by atoms with Crippen LogP contribution in [0.3, 0.4) is 0 Å². The standard InChI is InChI=1S/C17H19N7O4S2/c1-10-8-15(23-28-10)24-30(26,27)12-4-2-11(3-5-12)20-16(25)6-7-29-17-21-13(18)9-14(19)22-17/h2-5,8-9H,6-7H2,1H3,(H,20,25)(H,23,24)(H4,18,19,21,22). The summed E-state index contributed by atoms with van der Waals surface area (Å²) in [6, 6.07) is 8.66. The number of nitrogen functional groups attached to an aromatic ring is 2. The average Bonchev–Trinajstić information content (AvgIpc) is 3.05. The van der Waals surface area contributed by atoms with Gasteiger partial charge in [0.25, 0.3) is 10.0 Å². The van der Waals surface area contributed by atoms with E-state index in [9.17, 15) is 13.2 Å². The van der Waals surface area contributed by atoms with Crippen molar-refractivity contribution in [1.82, 2.24) is 15.1 Å². The van der Waals surface area contributed by atoms with Crippen molar-refractivity contribution in [3.8, 4) is 0 Å². The fourth-order valence-corrected chi connectivity index (χ4v) is 4.11. The van der Waals surface area contributed by atoms with E-state index in [1.165, 1.54) is 48.2 Å². The molecule has 6 N–H and O–H groups in total. The maximum Gasteiger partial charge on any atom is 0.263 e. The topological polar surface area (TPSA) is 179 Å². The van der Waals surface area contributed by atoms with Crippen molar-refractivity contribution in [2.45, 2.75) is 23.4 Å². The third-order valence-electron chi connectivity index (χ3n) is 3.62. The van der Waals surface area contributed by atoms with Crippen molar-refractivity contribution >= 4 is 50.8 Å². The van der Waals surface area contributed by atoms with E-state index < -0.39 is 10.0 Å². The summed E-state index contributed by atoms with van der Waals surface area (Å²) in [4.78, 5) is 20.2. The molecule has 2 aromatic heterocycles. The van der Waals surface area contributed by atoms with Gasteiger partial charge in [-0.1, -0.05) is 16.9 Å². The number of thioether (sulfide) groups is 1. The van der Waals surface area contributed by atoms with Crippen molar-refractivity contribution in [1.29, 1.82) is 0 Å². The molecule has 1 amide bonds. The molecule has 0 radical (unpaired) electrons. The van der Waals surface area contributed by atoms with Crippen LogP contribution in [-0.2, 0) is 14.8 Å². The molecule has 0 atom stereocenters. The minimum absolute atomic E-state index is 0.0214. The van der Waals surface area contributed by atoms with Crippen LogP contribution in [0.25, 0.3) is 0 Å². The van der Waals surface area contributed by atoms with Gasteiger partial charge in [-0.25, -0.2) is 18.4 Å². The summed E-state index contributed by atoms with van der Waals surface area (Å²) >= 11 is 1.25. The zero-order valence-electron chi connectivity index (χ0n) is 15.8. The number of hydrogen-bond acceptors (Lipinski definition) is 10. The Labute approximate surface area is 176 Å². The molecule has 158 valence electrons. The number of aromatic nitrogens is 3. The highest BCUT2D eigenvalue weighted by Gasteiger charge is 2.16. The molecule has 0 unspecified atom stereocenters. The van der Waals surface area contributed by atoms with Crippen LogP contribution in [-0.4, -0.2) is 35.2 Å². The van der Waals surface area contributed by atoms with Crippen molar-refractivity contribution in [3.05, 3.63) is 42.2 Å². The lowest BCUT2D eigenvalue weighted by molar-refractivity contribution is -0.115. The molecule has 2 heterocycles. The number of nitrogens with one attached hydrogen (secondary N) is 2. The second kappa shape index (κ2) is 9.00. The SMILES string of the molecule is Cc1cc(NS(=O)(=O)c2ccc(NC(=O)CCSc3nc(N)cc(N)n3)cc2)no1. The molecule has 0 saturated heterocycles. The number of amides is 1. The van der Waals surface area contributed by atoms with E-state index in [1.807, 2.05) is 0 Å². The summed E-state index contributed by atoms with van der Waals surface area (Å²) in [5.74, 6) is 1.27. The molecule has 0 aliphatic rings. The minimum Gasteiger partial charge on any atom is -0.383 e. The largest absolute Gasteiger partial charge is 0.383 e. The Morgan fingerprint density at radius 3 is 2.40 bits per heavy atom. The van der Waals surface area contributed by atoms with Crippen LogP contribution in [0.5, 0.6) is 0 Å². The molecular weight excluding hydrogens is 430 g/mol. The zero-order chi connectivity index (χ0) is 21.7. The van der Waals surface area contributed by atoms with Crippen molar-refractivity contribution in [2.75, 3.05) is 27.3 Å². The van der Waals surface area contributed by atoms with E-state index >= 15 is 0 Å². The van der Waals surface area contributed by atoms with Crippen molar-refractivity contribution in [2.24, 2.45) is 0 Å². The van der Waals surface area contributed by atoms with Crippen LogP contribution >= 0.6 is 11.8 Å². The lowest BCUT2D eigenvalue weighted by Gasteiger charge is -2.08. The predicted molar refractivity (Wildman–Crippen MR) is 113 cm³/mol.